The number of aliphatic hydroxyl groups excluding tert-OH is 1. The van der Waals surface area contributed by atoms with Crippen molar-refractivity contribution in [1.29, 1.82) is 0 Å². The first-order chi connectivity index (χ1) is 11.6. The van der Waals surface area contributed by atoms with E-state index in [4.69, 9.17) is 4.74 Å². The third-order valence-electron chi connectivity index (χ3n) is 5.58. The molecule has 24 heavy (non-hydrogen) atoms. The summed E-state index contributed by atoms with van der Waals surface area (Å²) in [5.74, 6) is 1.11. The highest BCUT2D eigenvalue weighted by Gasteiger charge is 2.43. The van der Waals surface area contributed by atoms with Gasteiger partial charge in [-0.15, -0.1) is 0 Å². The Balaban J connectivity index is 1.83. The number of methoxy groups -OCH3 is 1. The van der Waals surface area contributed by atoms with Crippen LogP contribution in [0.15, 0.2) is 30.4 Å². The van der Waals surface area contributed by atoms with Crippen LogP contribution in [0, 0.1) is 12.8 Å². The van der Waals surface area contributed by atoms with Gasteiger partial charge in [-0.25, -0.2) is 0 Å². The molecule has 0 saturated heterocycles. The fraction of sp³-hybridized carbons (Fsp3) is 0.550. The van der Waals surface area contributed by atoms with Crippen molar-refractivity contribution in [2.45, 2.75) is 50.5 Å². The van der Waals surface area contributed by atoms with Gasteiger partial charge in [-0.05, 0) is 43.4 Å². The van der Waals surface area contributed by atoms with Crippen LogP contribution in [0.3, 0.4) is 0 Å². The molecule has 3 rings (SSSR count). The molecule has 2 aliphatic carbocycles. The molecule has 1 saturated carbocycles. The first kappa shape index (κ1) is 17.0. The van der Waals surface area contributed by atoms with Crippen molar-refractivity contribution in [1.82, 2.24) is 5.32 Å². The van der Waals surface area contributed by atoms with Crippen molar-refractivity contribution in [3.8, 4) is 5.75 Å². The van der Waals surface area contributed by atoms with E-state index in [2.05, 4.69) is 11.4 Å². The zero-order valence-electron chi connectivity index (χ0n) is 14.5. The molecule has 0 heterocycles. The molecule has 2 atom stereocenters. The minimum Gasteiger partial charge on any atom is -0.496 e. The van der Waals surface area contributed by atoms with Gasteiger partial charge >= 0.3 is 0 Å². The molecule has 0 unspecified atom stereocenters. The van der Waals surface area contributed by atoms with Crippen molar-refractivity contribution in [3.05, 3.63) is 41.5 Å². The normalized spacial score (nSPS) is 25.0. The second-order valence-electron chi connectivity index (χ2n) is 7.12. The fourth-order valence-electron chi connectivity index (χ4n) is 4.07. The quantitative estimate of drug-likeness (QED) is 0.817. The second kappa shape index (κ2) is 6.98. The molecular formula is C20H27NO3. The van der Waals surface area contributed by atoms with E-state index in [-0.39, 0.29) is 24.5 Å². The molecule has 1 amide bonds. The lowest BCUT2D eigenvalue weighted by Crippen LogP contribution is -2.46. The van der Waals surface area contributed by atoms with Crippen LogP contribution in [-0.2, 0) is 10.2 Å². The van der Waals surface area contributed by atoms with Gasteiger partial charge in [0.05, 0.1) is 12.5 Å². The number of benzene rings is 1. The molecule has 0 radical (unpaired) electrons. The number of carbonyl (C=O) groups is 1. The Morgan fingerprint density at radius 1 is 1.33 bits per heavy atom. The van der Waals surface area contributed by atoms with Crippen LogP contribution in [0.1, 0.15) is 43.2 Å². The van der Waals surface area contributed by atoms with E-state index in [1.165, 1.54) is 0 Å². The monoisotopic (exact) mass is 329 g/mol. The molecule has 1 fully saturated rings. The number of carbonyl (C=O) groups excluding carboxylic acids is 1. The summed E-state index contributed by atoms with van der Waals surface area (Å²) in [5, 5.41) is 12.5. The highest BCUT2D eigenvalue weighted by atomic mass is 16.5. The lowest BCUT2D eigenvalue weighted by molar-refractivity contribution is -0.127. The molecule has 0 bridgehead atoms. The van der Waals surface area contributed by atoms with Crippen LogP contribution in [0.4, 0.5) is 0 Å². The van der Waals surface area contributed by atoms with Crippen LogP contribution >= 0.6 is 0 Å². The minimum atomic E-state index is -0.452. The van der Waals surface area contributed by atoms with Gasteiger partial charge in [0.1, 0.15) is 5.75 Å². The van der Waals surface area contributed by atoms with E-state index >= 15 is 0 Å². The number of hydrogen-bond acceptors (Lipinski definition) is 3. The van der Waals surface area contributed by atoms with Gasteiger partial charge in [0.25, 0.3) is 0 Å². The molecule has 1 aromatic carbocycles. The van der Waals surface area contributed by atoms with Crippen molar-refractivity contribution in [2.24, 2.45) is 5.92 Å². The molecule has 0 aliphatic heterocycles. The Morgan fingerprint density at radius 2 is 2.08 bits per heavy atom. The first-order valence-electron chi connectivity index (χ1n) is 8.84. The van der Waals surface area contributed by atoms with Gasteiger partial charge in [-0.1, -0.05) is 37.1 Å². The first-order valence-corrected chi connectivity index (χ1v) is 8.84. The van der Waals surface area contributed by atoms with Gasteiger partial charge < -0.3 is 15.2 Å². The molecule has 1 aromatic rings. The summed E-state index contributed by atoms with van der Waals surface area (Å²) in [6.07, 6.45) is 8.70. The predicted octanol–water partition coefficient (Wildman–Crippen LogP) is 2.87. The van der Waals surface area contributed by atoms with E-state index in [0.29, 0.717) is 0 Å². The lowest BCUT2D eigenvalue weighted by Gasteiger charge is -2.30. The minimum absolute atomic E-state index is 0.0273. The average molecular weight is 329 g/mol. The Labute approximate surface area is 143 Å². The zero-order valence-corrected chi connectivity index (χ0v) is 14.5. The van der Waals surface area contributed by atoms with Crippen molar-refractivity contribution in [3.63, 3.8) is 0 Å². The second-order valence-corrected chi connectivity index (χ2v) is 7.12. The van der Waals surface area contributed by atoms with Crippen LogP contribution < -0.4 is 10.1 Å². The summed E-state index contributed by atoms with van der Waals surface area (Å²) in [4.78, 5) is 13.2. The van der Waals surface area contributed by atoms with Crippen LogP contribution in [0.5, 0.6) is 5.75 Å². The molecule has 4 nitrogen and oxygen atoms in total. The standard InChI is InChI=1S/C20H27NO3/c1-14-5-7-16(12-18(14)24-2)20(9-3-4-10-20)19(23)21-17-8-6-15(11-17)13-22/h5-8,12,15,17,22H,3-4,9-11,13H2,1-2H3,(H,21,23)/t15-,17+/m0/s1. The molecule has 130 valence electrons. The van der Waals surface area contributed by atoms with E-state index in [9.17, 15) is 9.90 Å². The number of rotatable bonds is 5. The highest BCUT2D eigenvalue weighted by molar-refractivity contribution is 5.89. The summed E-state index contributed by atoms with van der Waals surface area (Å²) in [5.41, 5.74) is 1.69. The summed E-state index contributed by atoms with van der Waals surface area (Å²) in [7, 11) is 1.67. The van der Waals surface area contributed by atoms with Crippen LogP contribution in [0.2, 0.25) is 0 Å². The molecule has 4 heteroatoms. The number of nitrogens with one attached hydrogen (secondary N) is 1. The van der Waals surface area contributed by atoms with Gasteiger partial charge in [-0.2, -0.15) is 0 Å². The van der Waals surface area contributed by atoms with E-state index < -0.39 is 5.41 Å². The largest absolute Gasteiger partial charge is 0.496 e. The zero-order chi connectivity index (χ0) is 17.2. The molecular weight excluding hydrogens is 302 g/mol. The van der Waals surface area contributed by atoms with Gasteiger partial charge in [0, 0.05) is 18.6 Å². The molecule has 2 aliphatic rings. The van der Waals surface area contributed by atoms with Crippen LogP contribution in [-0.4, -0.2) is 30.8 Å². The number of aryl methyl sites for hydroxylation is 1. The number of ether oxygens (including phenoxy) is 1. The van der Waals surface area contributed by atoms with Gasteiger partial charge in [0.15, 0.2) is 0 Å². The van der Waals surface area contributed by atoms with E-state index in [0.717, 1.165) is 49.0 Å². The molecule has 0 aromatic heterocycles. The summed E-state index contributed by atoms with van der Waals surface area (Å²) in [6.45, 7) is 2.16. The Bertz CT molecular complexity index is 632. The third kappa shape index (κ3) is 3.07. The topological polar surface area (TPSA) is 58.6 Å². The van der Waals surface area contributed by atoms with Crippen LogP contribution in [0.25, 0.3) is 0 Å². The maximum Gasteiger partial charge on any atom is 0.231 e. The van der Waals surface area contributed by atoms with E-state index in [1.54, 1.807) is 7.11 Å². The van der Waals surface area contributed by atoms with Gasteiger partial charge in [0.2, 0.25) is 5.91 Å². The Kier molecular flexibility index (Phi) is 4.95. The van der Waals surface area contributed by atoms with Crippen molar-refractivity contribution in [2.75, 3.05) is 13.7 Å². The Hall–Kier alpha value is -1.81. The molecule has 2 N–H and O–H groups in total. The number of hydrogen-bond donors (Lipinski definition) is 2. The van der Waals surface area contributed by atoms with Crippen molar-refractivity contribution >= 4 is 5.91 Å². The van der Waals surface area contributed by atoms with E-state index in [1.807, 2.05) is 31.2 Å². The lowest BCUT2D eigenvalue weighted by atomic mass is 9.77. The average Bonchev–Trinajstić information content (AvgIpc) is 3.25. The summed E-state index contributed by atoms with van der Waals surface area (Å²) >= 11 is 0. The maximum absolute atomic E-state index is 13.2. The predicted molar refractivity (Wildman–Crippen MR) is 94.1 cm³/mol. The number of amides is 1. The smallest absolute Gasteiger partial charge is 0.231 e. The summed E-state index contributed by atoms with van der Waals surface area (Å²) in [6, 6.07) is 6.17. The number of aliphatic hydroxyl groups is 1. The summed E-state index contributed by atoms with van der Waals surface area (Å²) < 4.78 is 5.46. The van der Waals surface area contributed by atoms with Crippen molar-refractivity contribution < 1.29 is 14.6 Å². The fourth-order valence-corrected chi connectivity index (χ4v) is 4.07. The third-order valence-corrected chi connectivity index (χ3v) is 5.58. The Morgan fingerprint density at radius 3 is 2.71 bits per heavy atom. The SMILES string of the molecule is COc1cc(C2(C(=O)N[C@@H]3C=C[C@H](CO)C3)CCCC2)ccc1C. The highest BCUT2D eigenvalue weighted by Crippen LogP contribution is 2.43. The van der Waals surface area contributed by atoms with Gasteiger partial charge in [-0.3, -0.25) is 4.79 Å². The molecule has 0 spiro atoms. The maximum atomic E-state index is 13.2.